The van der Waals surface area contributed by atoms with E-state index in [0.717, 1.165) is 85.4 Å². The lowest BCUT2D eigenvalue weighted by Crippen LogP contribution is -2.43. The van der Waals surface area contributed by atoms with Crippen molar-refractivity contribution in [2.24, 2.45) is 5.92 Å². The monoisotopic (exact) mass is 533 g/mol. The lowest BCUT2D eigenvalue weighted by Gasteiger charge is -2.34. The van der Waals surface area contributed by atoms with Crippen molar-refractivity contribution >= 4 is 22.3 Å². The van der Waals surface area contributed by atoms with E-state index in [2.05, 4.69) is 20.8 Å². The van der Waals surface area contributed by atoms with E-state index in [4.69, 9.17) is 14.7 Å². The van der Waals surface area contributed by atoms with Gasteiger partial charge in [0.1, 0.15) is 24.3 Å². The fraction of sp³-hybridized carbons (Fsp3) is 0.533. The number of aromatic nitrogens is 2. The van der Waals surface area contributed by atoms with Gasteiger partial charge in [0.05, 0.1) is 17.8 Å². The zero-order valence-electron chi connectivity index (χ0n) is 22.2. The van der Waals surface area contributed by atoms with Crippen molar-refractivity contribution in [2.45, 2.75) is 50.4 Å². The molecule has 0 spiro atoms. The molecule has 3 fully saturated rings. The smallest absolute Gasteiger partial charge is 0.318 e. The average molecular weight is 534 g/mol. The Morgan fingerprint density at radius 2 is 1.97 bits per heavy atom. The number of phenolic OH excluding ortho intramolecular Hbond substituents is 1. The summed E-state index contributed by atoms with van der Waals surface area (Å²) in [7, 11) is 0. The number of benzene rings is 2. The van der Waals surface area contributed by atoms with Crippen LogP contribution in [0.1, 0.15) is 36.9 Å². The Morgan fingerprint density at radius 1 is 1.08 bits per heavy atom. The highest BCUT2D eigenvalue weighted by atomic mass is 19.1. The first-order chi connectivity index (χ1) is 19.0. The molecule has 39 heavy (non-hydrogen) atoms. The summed E-state index contributed by atoms with van der Waals surface area (Å²) in [5, 5.41) is 22.3. The fourth-order valence-corrected chi connectivity index (χ4v) is 7.28. The van der Waals surface area contributed by atoms with Gasteiger partial charge in [-0.25, -0.2) is 4.39 Å². The van der Waals surface area contributed by atoms with Crippen molar-refractivity contribution in [1.82, 2.24) is 14.9 Å². The quantitative estimate of drug-likeness (QED) is 0.497. The summed E-state index contributed by atoms with van der Waals surface area (Å²) in [5.74, 6) is 1.39. The number of nitrogens with zero attached hydrogens (tertiary/aromatic N) is 5. The molecule has 1 aromatic heterocycles. The van der Waals surface area contributed by atoms with Gasteiger partial charge in [-0.15, -0.1) is 0 Å². The van der Waals surface area contributed by atoms with E-state index < -0.39 is 6.17 Å². The second-order valence-corrected chi connectivity index (χ2v) is 11.8. The fourth-order valence-electron chi connectivity index (χ4n) is 7.28. The van der Waals surface area contributed by atoms with Crippen LogP contribution in [0, 0.1) is 5.92 Å². The van der Waals surface area contributed by atoms with Crippen LogP contribution in [-0.2, 0) is 13.0 Å². The minimum Gasteiger partial charge on any atom is -0.508 e. The van der Waals surface area contributed by atoms with Gasteiger partial charge in [-0.3, -0.25) is 4.90 Å². The Labute approximate surface area is 228 Å². The molecule has 2 aromatic carbocycles. The topological polar surface area (TPSA) is 85.2 Å². The second-order valence-electron chi connectivity index (χ2n) is 11.8. The van der Waals surface area contributed by atoms with Crippen molar-refractivity contribution in [3.8, 4) is 11.8 Å². The molecule has 0 saturated carbocycles. The van der Waals surface area contributed by atoms with Crippen LogP contribution < -0.4 is 14.5 Å². The molecule has 5 heterocycles. The van der Waals surface area contributed by atoms with E-state index in [1.54, 1.807) is 6.07 Å². The SMILES string of the molecule is OCC1CCN(c2nc(OC[C@@]34CCCN3C[C@H](F)C4)nc3c2CCN(c2cc(O)cc4ccccc24)C3)C1. The molecule has 7 rings (SSSR count). The largest absolute Gasteiger partial charge is 0.508 e. The number of anilines is 2. The number of halogens is 1. The van der Waals surface area contributed by atoms with E-state index >= 15 is 0 Å². The van der Waals surface area contributed by atoms with Crippen LogP contribution in [0.4, 0.5) is 15.9 Å². The summed E-state index contributed by atoms with van der Waals surface area (Å²) in [6.45, 7) is 4.95. The van der Waals surface area contributed by atoms with Crippen molar-refractivity contribution in [3.63, 3.8) is 0 Å². The van der Waals surface area contributed by atoms with Gasteiger partial charge in [0.15, 0.2) is 0 Å². The third-order valence-electron chi connectivity index (χ3n) is 9.26. The maximum atomic E-state index is 14.3. The molecule has 0 bridgehead atoms. The van der Waals surface area contributed by atoms with Crippen LogP contribution in [-0.4, -0.2) is 82.7 Å². The predicted molar refractivity (Wildman–Crippen MR) is 148 cm³/mol. The predicted octanol–water partition coefficient (Wildman–Crippen LogP) is 3.67. The van der Waals surface area contributed by atoms with Gasteiger partial charge in [-0.05, 0) is 43.7 Å². The van der Waals surface area contributed by atoms with E-state index in [1.165, 1.54) is 0 Å². The van der Waals surface area contributed by atoms with Gasteiger partial charge >= 0.3 is 6.01 Å². The number of aliphatic hydroxyl groups is 1. The average Bonchev–Trinajstić information content (AvgIpc) is 3.65. The number of hydrogen-bond donors (Lipinski definition) is 2. The number of aliphatic hydroxyl groups excluding tert-OH is 1. The first-order valence-corrected chi connectivity index (χ1v) is 14.3. The van der Waals surface area contributed by atoms with Crippen molar-refractivity contribution in [1.29, 1.82) is 0 Å². The third kappa shape index (κ3) is 4.45. The molecule has 0 radical (unpaired) electrons. The van der Waals surface area contributed by atoms with Gasteiger partial charge in [0, 0.05) is 67.8 Å². The molecule has 3 aromatic rings. The normalized spacial score (nSPS) is 26.8. The summed E-state index contributed by atoms with van der Waals surface area (Å²) in [5.41, 5.74) is 2.78. The molecule has 4 aliphatic heterocycles. The van der Waals surface area contributed by atoms with E-state index in [0.29, 0.717) is 32.1 Å². The summed E-state index contributed by atoms with van der Waals surface area (Å²) < 4.78 is 20.7. The number of rotatable bonds is 6. The molecule has 4 aliphatic rings. The maximum absolute atomic E-state index is 14.3. The van der Waals surface area contributed by atoms with Gasteiger partial charge < -0.3 is 24.7 Å². The molecular formula is C30H36FN5O3. The summed E-state index contributed by atoms with van der Waals surface area (Å²) in [6, 6.07) is 12.1. The summed E-state index contributed by atoms with van der Waals surface area (Å²) in [6.07, 6.45) is 3.41. The molecule has 0 aliphatic carbocycles. The van der Waals surface area contributed by atoms with E-state index in [-0.39, 0.29) is 23.8 Å². The Kier molecular flexibility index (Phi) is 6.23. The number of fused-ring (bicyclic) bond motifs is 3. The van der Waals surface area contributed by atoms with Gasteiger partial charge in [-0.1, -0.05) is 24.3 Å². The van der Waals surface area contributed by atoms with Crippen LogP contribution in [0.25, 0.3) is 10.8 Å². The van der Waals surface area contributed by atoms with Gasteiger partial charge in [-0.2, -0.15) is 9.97 Å². The zero-order valence-corrected chi connectivity index (χ0v) is 22.2. The molecule has 2 N–H and O–H groups in total. The minimum absolute atomic E-state index is 0.175. The molecule has 9 heteroatoms. The Bertz CT molecular complexity index is 1390. The number of aromatic hydroxyl groups is 1. The first kappa shape index (κ1) is 24.8. The van der Waals surface area contributed by atoms with Gasteiger partial charge in [0.25, 0.3) is 0 Å². The third-order valence-corrected chi connectivity index (χ3v) is 9.26. The van der Waals surface area contributed by atoms with E-state index in [1.807, 2.05) is 24.3 Å². The van der Waals surface area contributed by atoms with Crippen LogP contribution in [0.2, 0.25) is 0 Å². The highest BCUT2D eigenvalue weighted by Gasteiger charge is 2.49. The molecule has 8 nitrogen and oxygen atoms in total. The first-order valence-electron chi connectivity index (χ1n) is 14.3. The Balaban J connectivity index is 1.22. The standard InChI is InChI=1S/C30H36FN5O3/c31-22-14-30(8-3-9-36(30)16-22)19-39-29-32-26-17-34(27-13-23(38)12-21-4-1-2-5-24(21)27)11-7-25(26)28(33-29)35-10-6-20(15-35)18-37/h1-2,4-5,12-13,20,22,37-38H,3,6-11,14-19H2/t20?,22-,30+/m1/s1. The van der Waals surface area contributed by atoms with Crippen LogP contribution in [0.3, 0.4) is 0 Å². The van der Waals surface area contributed by atoms with Gasteiger partial charge in [0.2, 0.25) is 0 Å². The molecule has 1 unspecified atom stereocenters. The van der Waals surface area contributed by atoms with Crippen LogP contribution >= 0.6 is 0 Å². The molecular weight excluding hydrogens is 497 g/mol. The molecule has 3 atom stereocenters. The van der Waals surface area contributed by atoms with Crippen LogP contribution in [0.5, 0.6) is 11.8 Å². The van der Waals surface area contributed by atoms with E-state index in [9.17, 15) is 14.6 Å². The number of alkyl halides is 1. The lowest BCUT2D eigenvalue weighted by molar-refractivity contribution is 0.107. The Morgan fingerprint density at radius 3 is 2.85 bits per heavy atom. The Hall–Kier alpha value is -3.17. The zero-order chi connectivity index (χ0) is 26.6. The highest BCUT2D eigenvalue weighted by molar-refractivity contribution is 5.95. The van der Waals surface area contributed by atoms with Crippen molar-refractivity contribution < 1.29 is 19.3 Å². The summed E-state index contributed by atoms with van der Waals surface area (Å²) in [4.78, 5) is 16.6. The number of ether oxygens (including phenoxy) is 1. The lowest BCUT2D eigenvalue weighted by atomic mass is 9.95. The highest BCUT2D eigenvalue weighted by Crippen LogP contribution is 2.41. The molecule has 3 saturated heterocycles. The molecule has 206 valence electrons. The molecule has 0 amide bonds. The number of phenols is 1. The van der Waals surface area contributed by atoms with Crippen LogP contribution in [0.15, 0.2) is 36.4 Å². The summed E-state index contributed by atoms with van der Waals surface area (Å²) >= 11 is 0. The number of hydrogen-bond acceptors (Lipinski definition) is 8. The minimum atomic E-state index is -0.806. The van der Waals surface area contributed by atoms with Crippen molar-refractivity contribution in [3.05, 3.63) is 47.7 Å². The van der Waals surface area contributed by atoms with Crippen molar-refractivity contribution in [2.75, 3.05) is 55.7 Å². The second kappa shape index (κ2) is 9.78. The maximum Gasteiger partial charge on any atom is 0.318 e.